The van der Waals surface area contributed by atoms with Crippen molar-refractivity contribution >= 4 is 55.2 Å². The van der Waals surface area contributed by atoms with Crippen molar-refractivity contribution in [2.75, 3.05) is 11.8 Å². The summed E-state index contributed by atoms with van der Waals surface area (Å²) in [5.41, 5.74) is 2.19. The molecule has 0 unspecified atom stereocenters. The summed E-state index contributed by atoms with van der Waals surface area (Å²) in [6.07, 6.45) is 2.95. The largest absolute Gasteiger partial charge is 0.337 e. The van der Waals surface area contributed by atoms with Crippen molar-refractivity contribution in [3.8, 4) is 0 Å². The third-order valence-electron chi connectivity index (χ3n) is 4.82. The summed E-state index contributed by atoms with van der Waals surface area (Å²) < 4.78 is 29.9. The molecule has 4 aromatic rings. The Labute approximate surface area is 199 Å². The quantitative estimate of drug-likeness (QED) is 0.357. The standard InChI is InChI=1S/C23H19IN4O3S/c1-28(15-16-6-3-2-4-7-16)23(29)18-11-10-17(24)14-20(18)27-32(30,31)21-9-5-8-19-22(21)26-13-12-25-19/h2-14,27H,15H2,1H3. The van der Waals surface area contributed by atoms with Gasteiger partial charge in [-0.05, 0) is 58.5 Å². The number of fused-ring (bicyclic) bond motifs is 1. The summed E-state index contributed by atoms with van der Waals surface area (Å²) in [5.74, 6) is -0.291. The number of hydrogen-bond donors (Lipinski definition) is 1. The third kappa shape index (κ3) is 4.73. The van der Waals surface area contributed by atoms with Crippen LogP contribution in [-0.4, -0.2) is 36.2 Å². The number of sulfonamides is 1. The zero-order valence-electron chi connectivity index (χ0n) is 17.1. The number of benzene rings is 3. The highest BCUT2D eigenvalue weighted by atomic mass is 127. The minimum atomic E-state index is -4.02. The average molecular weight is 558 g/mol. The number of nitrogens with one attached hydrogen (secondary N) is 1. The second-order valence-electron chi connectivity index (χ2n) is 7.12. The average Bonchev–Trinajstić information content (AvgIpc) is 2.79. The molecule has 0 saturated heterocycles. The van der Waals surface area contributed by atoms with Gasteiger partial charge in [-0.2, -0.15) is 0 Å². The van der Waals surface area contributed by atoms with Crippen molar-refractivity contribution < 1.29 is 13.2 Å². The molecule has 0 atom stereocenters. The molecule has 0 fully saturated rings. The SMILES string of the molecule is CN(Cc1ccccc1)C(=O)c1ccc(I)cc1NS(=O)(=O)c1cccc2nccnc12. The number of nitrogens with zero attached hydrogens (tertiary/aromatic N) is 3. The van der Waals surface area contributed by atoms with E-state index in [0.29, 0.717) is 12.1 Å². The zero-order chi connectivity index (χ0) is 22.7. The first-order chi connectivity index (χ1) is 15.3. The van der Waals surface area contributed by atoms with Crippen LogP contribution in [0.25, 0.3) is 11.0 Å². The Hall–Kier alpha value is -3.05. The van der Waals surface area contributed by atoms with E-state index < -0.39 is 10.0 Å². The van der Waals surface area contributed by atoms with Crippen LogP contribution in [-0.2, 0) is 16.6 Å². The number of rotatable bonds is 6. The van der Waals surface area contributed by atoms with Crippen molar-refractivity contribution in [1.29, 1.82) is 0 Å². The summed E-state index contributed by atoms with van der Waals surface area (Å²) in [7, 11) is -2.34. The molecule has 1 amide bonds. The molecule has 0 aliphatic heterocycles. The van der Waals surface area contributed by atoms with E-state index in [1.54, 1.807) is 42.3 Å². The Bertz CT molecular complexity index is 1390. The van der Waals surface area contributed by atoms with E-state index in [0.717, 1.165) is 9.13 Å². The first kappa shape index (κ1) is 22.2. The summed E-state index contributed by atoms with van der Waals surface area (Å²) in [6, 6.07) is 19.4. The second-order valence-corrected chi connectivity index (χ2v) is 10.0. The first-order valence-electron chi connectivity index (χ1n) is 9.66. The fraction of sp³-hybridized carbons (Fsp3) is 0.0870. The van der Waals surface area contributed by atoms with Gasteiger partial charge in [0.25, 0.3) is 15.9 Å². The number of halogens is 1. The Morgan fingerprint density at radius 1 is 1.00 bits per heavy atom. The maximum Gasteiger partial charge on any atom is 0.264 e. The molecule has 3 aromatic carbocycles. The van der Waals surface area contributed by atoms with E-state index in [2.05, 4.69) is 37.3 Å². The number of anilines is 1. The van der Waals surface area contributed by atoms with Crippen LogP contribution in [0.15, 0.2) is 84.0 Å². The lowest BCUT2D eigenvalue weighted by atomic mass is 10.1. The van der Waals surface area contributed by atoms with E-state index in [4.69, 9.17) is 0 Å². The second kappa shape index (κ2) is 9.21. The number of carbonyl (C=O) groups excluding carboxylic acids is 1. The van der Waals surface area contributed by atoms with Crippen LogP contribution in [0.1, 0.15) is 15.9 Å². The Kier molecular flexibility index (Phi) is 6.38. The van der Waals surface area contributed by atoms with Gasteiger partial charge in [-0.25, -0.2) is 8.42 Å². The number of hydrogen-bond acceptors (Lipinski definition) is 5. The smallest absolute Gasteiger partial charge is 0.264 e. The lowest BCUT2D eigenvalue weighted by Crippen LogP contribution is -2.27. The van der Waals surface area contributed by atoms with Crippen LogP contribution >= 0.6 is 22.6 Å². The van der Waals surface area contributed by atoms with Crippen LogP contribution in [0.3, 0.4) is 0 Å². The fourth-order valence-electron chi connectivity index (χ4n) is 3.30. The Balaban J connectivity index is 1.68. The van der Waals surface area contributed by atoms with E-state index in [-0.39, 0.29) is 27.6 Å². The van der Waals surface area contributed by atoms with Crippen LogP contribution in [0, 0.1) is 3.57 Å². The topological polar surface area (TPSA) is 92.3 Å². The third-order valence-corrected chi connectivity index (χ3v) is 6.88. The molecule has 0 bridgehead atoms. The van der Waals surface area contributed by atoms with Gasteiger partial charge in [0.1, 0.15) is 10.4 Å². The lowest BCUT2D eigenvalue weighted by molar-refractivity contribution is 0.0786. The number of para-hydroxylation sites is 1. The molecule has 0 radical (unpaired) electrons. The van der Waals surface area contributed by atoms with Crippen LogP contribution < -0.4 is 4.72 Å². The van der Waals surface area contributed by atoms with E-state index in [9.17, 15) is 13.2 Å². The fourth-order valence-corrected chi connectivity index (χ4v) is 5.03. The minimum Gasteiger partial charge on any atom is -0.337 e. The molecule has 1 aromatic heterocycles. The molecule has 1 heterocycles. The Morgan fingerprint density at radius 3 is 2.53 bits per heavy atom. The van der Waals surface area contributed by atoms with Gasteiger partial charge in [-0.15, -0.1) is 0 Å². The van der Waals surface area contributed by atoms with Gasteiger partial charge < -0.3 is 4.90 Å². The van der Waals surface area contributed by atoms with Gasteiger partial charge in [-0.1, -0.05) is 36.4 Å². The van der Waals surface area contributed by atoms with Gasteiger partial charge in [-0.3, -0.25) is 19.5 Å². The molecule has 0 spiro atoms. The highest BCUT2D eigenvalue weighted by Gasteiger charge is 2.23. The van der Waals surface area contributed by atoms with Gasteiger partial charge in [0, 0.05) is 29.6 Å². The van der Waals surface area contributed by atoms with Gasteiger partial charge in [0.15, 0.2) is 0 Å². The number of carbonyl (C=O) groups is 1. The number of amides is 1. The zero-order valence-corrected chi connectivity index (χ0v) is 20.0. The number of aromatic nitrogens is 2. The van der Waals surface area contributed by atoms with E-state index in [1.807, 2.05) is 30.3 Å². The molecule has 32 heavy (non-hydrogen) atoms. The summed E-state index contributed by atoms with van der Waals surface area (Å²) in [4.78, 5) is 23.1. The monoisotopic (exact) mass is 558 g/mol. The maximum absolute atomic E-state index is 13.3. The van der Waals surface area contributed by atoms with Crippen molar-refractivity contribution in [2.24, 2.45) is 0 Å². The van der Waals surface area contributed by atoms with E-state index >= 15 is 0 Å². The summed E-state index contributed by atoms with van der Waals surface area (Å²) in [5, 5.41) is 0. The molecular weight excluding hydrogens is 539 g/mol. The lowest BCUT2D eigenvalue weighted by Gasteiger charge is -2.20. The molecule has 162 valence electrons. The van der Waals surface area contributed by atoms with Crippen molar-refractivity contribution in [3.63, 3.8) is 0 Å². The minimum absolute atomic E-state index is 0.00185. The highest BCUT2D eigenvalue weighted by molar-refractivity contribution is 14.1. The predicted octanol–water partition coefficient (Wildman–Crippen LogP) is 4.31. The van der Waals surface area contributed by atoms with Crippen molar-refractivity contribution in [2.45, 2.75) is 11.4 Å². The van der Waals surface area contributed by atoms with Crippen molar-refractivity contribution in [3.05, 3.63) is 93.8 Å². The maximum atomic E-state index is 13.3. The van der Waals surface area contributed by atoms with Crippen LogP contribution in [0.5, 0.6) is 0 Å². The van der Waals surface area contributed by atoms with Gasteiger partial charge in [0.05, 0.1) is 16.8 Å². The molecule has 0 aliphatic carbocycles. The predicted molar refractivity (Wildman–Crippen MR) is 132 cm³/mol. The highest BCUT2D eigenvalue weighted by Crippen LogP contribution is 2.26. The Morgan fingerprint density at radius 2 is 1.75 bits per heavy atom. The van der Waals surface area contributed by atoms with E-state index in [1.165, 1.54) is 18.5 Å². The van der Waals surface area contributed by atoms with Gasteiger partial charge in [0.2, 0.25) is 0 Å². The molecule has 1 N–H and O–H groups in total. The summed E-state index contributed by atoms with van der Waals surface area (Å²) in [6.45, 7) is 0.400. The normalized spacial score (nSPS) is 11.3. The first-order valence-corrected chi connectivity index (χ1v) is 12.2. The molecule has 7 nitrogen and oxygen atoms in total. The van der Waals surface area contributed by atoms with Crippen LogP contribution in [0.4, 0.5) is 5.69 Å². The van der Waals surface area contributed by atoms with Crippen molar-refractivity contribution in [1.82, 2.24) is 14.9 Å². The molecular formula is C23H19IN4O3S. The molecule has 9 heteroatoms. The summed E-state index contributed by atoms with van der Waals surface area (Å²) >= 11 is 2.08. The molecule has 0 saturated carbocycles. The molecule has 4 rings (SSSR count). The molecule has 0 aliphatic rings. The van der Waals surface area contributed by atoms with Crippen LogP contribution in [0.2, 0.25) is 0 Å². The van der Waals surface area contributed by atoms with Gasteiger partial charge >= 0.3 is 0 Å².